The highest BCUT2D eigenvalue weighted by molar-refractivity contribution is 5.75. The topological polar surface area (TPSA) is 38.3 Å². The summed E-state index contributed by atoms with van der Waals surface area (Å²) < 4.78 is 5.10. The summed E-state index contributed by atoms with van der Waals surface area (Å²) in [6.07, 6.45) is 1.47. The lowest BCUT2D eigenvalue weighted by Gasteiger charge is -2.06. The first-order valence-corrected chi connectivity index (χ1v) is 5.16. The third-order valence-electron chi connectivity index (χ3n) is 2.10. The Hall–Kier alpha value is -1.51. The molecule has 0 aliphatic carbocycles. The van der Waals surface area contributed by atoms with Crippen LogP contribution in [0.3, 0.4) is 0 Å². The van der Waals surface area contributed by atoms with Gasteiger partial charge in [0.2, 0.25) is 5.91 Å². The van der Waals surface area contributed by atoms with Gasteiger partial charge in [-0.25, -0.2) is 0 Å². The zero-order chi connectivity index (χ0) is 11.1. The first-order valence-electron chi connectivity index (χ1n) is 5.16. The Morgan fingerprint density at radius 2 is 2.27 bits per heavy atom. The van der Waals surface area contributed by atoms with Gasteiger partial charge in [0.05, 0.1) is 7.11 Å². The van der Waals surface area contributed by atoms with Gasteiger partial charge in [-0.1, -0.05) is 19.1 Å². The summed E-state index contributed by atoms with van der Waals surface area (Å²) in [5.74, 6) is 0.914. The van der Waals surface area contributed by atoms with Crippen molar-refractivity contribution in [1.29, 1.82) is 0 Å². The molecular formula is C12H17NO2. The molecule has 0 aliphatic rings. The number of hydrogen-bond donors (Lipinski definition) is 1. The Morgan fingerprint density at radius 1 is 1.47 bits per heavy atom. The van der Waals surface area contributed by atoms with Crippen molar-refractivity contribution in [1.82, 2.24) is 5.32 Å². The third kappa shape index (κ3) is 4.02. The van der Waals surface area contributed by atoms with Crippen LogP contribution in [0.15, 0.2) is 24.3 Å². The van der Waals surface area contributed by atoms with Crippen molar-refractivity contribution >= 4 is 5.91 Å². The van der Waals surface area contributed by atoms with Crippen LogP contribution in [0.2, 0.25) is 0 Å². The maximum Gasteiger partial charge on any atom is 0.220 e. The molecule has 0 heterocycles. The fourth-order valence-corrected chi connectivity index (χ4v) is 1.30. The number of carbonyl (C=O) groups is 1. The quantitative estimate of drug-likeness (QED) is 0.803. The predicted molar refractivity (Wildman–Crippen MR) is 59.7 cm³/mol. The van der Waals surface area contributed by atoms with Crippen LogP contribution in [0.5, 0.6) is 5.75 Å². The molecule has 0 radical (unpaired) electrons. The lowest BCUT2D eigenvalue weighted by atomic mass is 10.2. The maximum atomic E-state index is 11.2. The summed E-state index contributed by atoms with van der Waals surface area (Å²) in [4.78, 5) is 11.2. The van der Waals surface area contributed by atoms with Crippen molar-refractivity contribution in [2.75, 3.05) is 7.11 Å². The Kier molecular flexibility index (Phi) is 4.68. The molecule has 82 valence electrons. The average molecular weight is 207 g/mol. The van der Waals surface area contributed by atoms with Crippen LogP contribution >= 0.6 is 0 Å². The second kappa shape index (κ2) is 6.06. The standard InChI is InChI=1S/C12H17NO2/c1-3-5-12(14)13-9-10-6-4-7-11(8-10)15-2/h4,6-8H,3,5,9H2,1-2H3,(H,13,14). The van der Waals surface area contributed by atoms with Gasteiger partial charge in [-0.05, 0) is 24.1 Å². The number of benzene rings is 1. The molecule has 1 amide bonds. The summed E-state index contributed by atoms with van der Waals surface area (Å²) in [7, 11) is 1.63. The molecular weight excluding hydrogens is 190 g/mol. The minimum atomic E-state index is 0.0975. The number of ether oxygens (including phenoxy) is 1. The number of hydrogen-bond acceptors (Lipinski definition) is 2. The van der Waals surface area contributed by atoms with Crippen LogP contribution in [0.4, 0.5) is 0 Å². The van der Waals surface area contributed by atoms with E-state index >= 15 is 0 Å². The van der Waals surface area contributed by atoms with Crippen molar-refractivity contribution in [2.24, 2.45) is 0 Å². The summed E-state index contributed by atoms with van der Waals surface area (Å²) in [6, 6.07) is 7.69. The molecule has 0 aromatic heterocycles. The van der Waals surface area contributed by atoms with Crippen LogP contribution < -0.4 is 10.1 Å². The highest BCUT2D eigenvalue weighted by Gasteiger charge is 2.00. The molecule has 1 aromatic carbocycles. The zero-order valence-electron chi connectivity index (χ0n) is 9.25. The molecule has 1 N–H and O–H groups in total. The fraction of sp³-hybridized carbons (Fsp3) is 0.417. The van der Waals surface area contributed by atoms with Crippen LogP contribution in [-0.2, 0) is 11.3 Å². The van der Waals surface area contributed by atoms with Gasteiger partial charge in [0.1, 0.15) is 5.75 Å². The predicted octanol–water partition coefficient (Wildman–Crippen LogP) is 2.11. The molecule has 1 rings (SSSR count). The highest BCUT2D eigenvalue weighted by atomic mass is 16.5. The Morgan fingerprint density at radius 3 is 2.93 bits per heavy atom. The van der Waals surface area contributed by atoms with Gasteiger partial charge in [-0.2, -0.15) is 0 Å². The second-order valence-electron chi connectivity index (χ2n) is 3.38. The van der Waals surface area contributed by atoms with Gasteiger partial charge in [0.25, 0.3) is 0 Å². The minimum Gasteiger partial charge on any atom is -0.497 e. The van der Waals surface area contributed by atoms with E-state index in [1.165, 1.54) is 0 Å². The lowest BCUT2D eigenvalue weighted by molar-refractivity contribution is -0.121. The highest BCUT2D eigenvalue weighted by Crippen LogP contribution is 2.12. The Labute approximate surface area is 90.4 Å². The molecule has 0 saturated carbocycles. The summed E-state index contributed by atoms with van der Waals surface area (Å²) >= 11 is 0. The van der Waals surface area contributed by atoms with Gasteiger partial charge in [-0.3, -0.25) is 4.79 Å². The smallest absolute Gasteiger partial charge is 0.220 e. The SMILES string of the molecule is CCCC(=O)NCc1cccc(OC)c1. The molecule has 0 atom stereocenters. The molecule has 3 nitrogen and oxygen atoms in total. The van der Waals surface area contributed by atoms with Gasteiger partial charge < -0.3 is 10.1 Å². The van der Waals surface area contributed by atoms with Crippen molar-refractivity contribution in [3.05, 3.63) is 29.8 Å². The number of methoxy groups -OCH3 is 1. The van der Waals surface area contributed by atoms with E-state index in [0.717, 1.165) is 17.7 Å². The molecule has 1 aromatic rings. The van der Waals surface area contributed by atoms with Crippen molar-refractivity contribution in [3.8, 4) is 5.75 Å². The third-order valence-corrected chi connectivity index (χ3v) is 2.10. The molecule has 0 aliphatic heterocycles. The van der Waals surface area contributed by atoms with Crippen molar-refractivity contribution < 1.29 is 9.53 Å². The van der Waals surface area contributed by atoms with E-state index in [9.17, 15) is 4.79 Å². The fourth-order valence-electron chi connectivity index (χ4n) is 1.30. The first kappa shape index (κ1) is 11.6. The summed E-state index contributed by atoms with van der Waals surface area (Å²) in [5.41, 5.74) is 1.05. The Balaban J connectivity index is 2.46. The molecule has 15 heavy (non-hydrogen) atoms. The number of amides is 1. The monoisotopic (exact) mass is 207 g/mol. The summed E-state index contributed by atoms with van der Waals surface area (Å²) in [5, 5.41) is 2.86. The van der Waals surface area contributed by atoms with E-state index in [0.29, 0.717) is 13.0 Å². The van der Waals surface area contributed by atoms with E-state index in [-0.39, 0.29) is 5.91 Å². The largest absolute Gasteiger partial charge is 0.497 e. The van der Waals surface area contributed by atoms with E-state index in [1.54, 1.807) is 7.11 Å². The molecule has 3 heteroatoms. The maximum absolute atomic E-state index is 11.2. The molecule has 0 bridgehead atoms. The minimum absolute atomic E-state index is 0.0975. The van der Waals surface area contributed by atoms with E-state index in [4.69, 9.17) is 4.74 Å². The Bertz CT molecular complexity index is 323. The van der Waals surface area contributed by atoms with Gasteiger partial charge in [-0.15, -0.1) is 0 Å². The summed E-state index contributed by atoms with van der Waals surface area (Å²) in [6.45, 7) is 2.56. The normalized spacial score (nSPS) is 9.73. The van der Waals surface area contributed by atoms with Gasteiger partial charge in [0, 0.05) is 13.0 Å². The average Bonchev–Trinajstić information content (AvgIpc) is 2.27. The van der Waals surface area contributed by atoms with E-state index in [2.05, 4.69) is 5.32 Å². The molecule has 0 fully saturated rings. The lowest BCUT2D eigenvalue weighted by Crippen LogP contribution is -2.21. The van der Waals surface area contributed by atoms with Crippen LogP contribution in [0.1, 0.15) is 25.3 Å². The molecule has 0 saturated heterocycles. The molecule has 0 spiro atoms. The van der Waals surface area contributed by atoms with Gasteiger partial charge in [0.15, 0.2) is 0 Å². The zero-order valence-corrected chi connectivity index (χ0v) is 9.25. The first-order chi connectivity index (χ1) is 7.26. The second-order valence-corrected chi connectivity index (χ2v) is 3.38. The van der Waals surface area contributed by atoms with E-state index < -0.39 is 0 Å². The number of carbonyl (C=O) groups excluding carboxylic acids is 1. The van der Waals surface area contributed by atoms with Crippen molar-refractivity contribution in [2.45, 2.75) is 26.3 Å². The molecule has 0 unspecified atom stereocenters. The van der Waals surface area contributed by atoms with E-state index in [1.807, 2.05) is 31.2 Å². The van der Waals surface area contributed by atoms with Crippen LogP contribution in [-0.4, -0.2) is 13.0 Å². The van der Waals surface area contributed by atoms with Crippen LogP contribution in [0, 0.1) is 0 Å². The van der Waals surface area contributed by atoms with Gasteiger partial charge >= 0.3 is 0 Å². The van der Waals surface area contributed by atoms with Crippen LogP contribution in [0.25, 0.3) is 0 Å². The van der Waals surface area contributed by atoms with Crippen molar-refractivity contribution in [3.63, 3.8) is 0 Å². The number of nitrogens with one attached hydrogen (secondary N) is 1. The number of rotatable bonds is 5.